The van der Waals surface area contributed by atoms with Crippen LogP contribution in [0.2, 0.25) is 0 Å². The van der Waals surface area contributed by atoms with E-state index in [-0.39, 0.29) is 23.8 Å². The number of ether oxygens (including phenoxy) is 2. The maximum Gasteiger partial charge on any atom is 0.309 e. The standard InChI is InChI=1S/C24H22I2O4/c1-29-19(27)7-9-3-4-10(7)22-14-6-5-13(17(14)25)21(9,22)23-11(3)8(20(28)30-2)12(4)24(22,23)16(6)18(26)15(5)23/h3-18H,1-2H3. The van der Waals surface area contributed by atoms with E-state index in [0.29, 0.717) is 57.2 Å². The number of hydrogen-bond donors (Lipinski definition) is 0. The van der Waals surface area contributed by atoms with Crippen molar-refractivity contribution in [1.29, 1.82) is 0 Å². The first-order valence-electron chi connectivity index (χ1n) is 12.0. The molecular weight excluding hydrogens is 606 g/mol. The molecule has 30 heavy (non-hydrogen) atoms. The van der Waals surface area contributed by atoms with Crippen molar-refractivity contribution in [1.82, 2.24) is 0 Å². The molecular formula is C24H22I2O4. The average molecular weight is 628 g/mol. The average Bonchev–Trinajstić information content (AvgIpc) is 3.54. The number of halogens is 2. The van der Waals surface area contributed by atoms with E-state index >= 15 is 0 Å². The fourth-order valence-corrected chi connectivity index (χ4v) is 21.7. The van der Waals surface area contributed by atoms with Crippen LogP contribution < -0.4 is 0 Å². The van der Waals surface area contributed by atoms with Crippen molar-refractivity contribution in [3.63, 3.8) is 0 Å². The van der Waals surface area contributed by atoms with Gasteiger partial charge in [-0.15, -0.1) is 0 Å². The highest BCUT2D eigenvalue weighted by Crippen LogP contribution is 3.24. The van der Waals surface area contributed by atoms with E-state index in [1.165, 1.54) is 0 Å². The number of esters is 2. The van der Waals surface area contributed by atoms with Crippen molar-refractivity contribution in [2.24, 2.45) is 105 Å². The monoisotopic (exact) mass is 628 g/mol. The van der Waals surface area contributed by atoms with E-state index in [4.69, 9.17) is 9.47 Å². The fourth-order valence-electron chi connectivity index (χ4n) is 17.5. The van der Waals surface area contributed by atoms with Crippen LogP contribution in [0.3, 0.4) is 0 Å². The normalized spacial score (nSPS) is 85.5. The maximum absolute atomic E-state index is 13.3. The third-order valence-corrected chi connectivity index (χ3v) is 18.1. The number of carbonyl (C=O) groups is 2. The Bertz CT molecular complexity index is 958. The van der Waals surface area contributed by atoms with Crippen molar-refractivity contribution in [2.45, 2.75) is 7.85 Å². The summed E-state index contributed by atoms with van der Waals surface area (Å²) in [4.78, 5) is 26.7. The third-order valence-electron chi connectivity index (χ3n) is 15.0. The van der Waals surface area contributed by atoms with Gasteiger partial charge in [0.25, 0.3) is 0 Å². The van der Waals surface area contributed by atoms with Crippen molar-refractivity contribution in [3.8, 4) is 0 Å². The molecule has 156 valence electrons. The Hall–Kier alpha value is 0.400. The second kappa shape index (κ2) is 3.67. The molecule has 13 aliphatic rings. The molecule has 4 spiro atoms. The largest absolute Gasteiger partial charge is 0.469 e. The van der Waals surface area contributed by atoms with Gasteiger partial charge in [-0.1, -0.05) is 45.2 Å². The van der Waals surface area contributed by atoms with Crippen LogP contribution in [0.4, 0.5) is 0 Å². The van der Waals surface area contributed by atoms with Crippen LogP contribution in [0.25, 0.3) is 0 Å². The highest BCUT2D eigenvalue weighted by Gasteiger charge is 3.23. The Balaban J connectivity index is 1.34. The summed E-state index contributed by atoms with van der Waals surface area (Å²) < 4.78 is 12.7. The van der Waals surface area contributed by atoms with Gasteiger partial charge in [0.05, 0.1) is 26.1 Å². The minimum Gasteiger partial charge on any atom is -0.469 e. The molecule has 8 atom stereocenters. The summed E-state index contributed by atoms with van der Waals surface area (Å²) in [5, 5.41) is 0. The molecule has 13 rings (SSSR count). The molecule has 0 radical (unpaired) electrons. The zero-order valence-corrected chi connectivity index (χ0v) is 20.9. The number of alkyl halides is 2. The van der Waals surface area contributed by atoms with Gasteiger partial charge < -0.3 is 9.47 Å². The predicted molar refractivity (Wildman–Crippen MR) is 118 cm³/mol. The van der Waals surface area contributed by atoms with Gasteiger partial charge in [-0.3, -0.25) is 9.59 Å². The maximum atomic E-state index is 13.3. The highest BCUT2D eigenvalue weighted by molar-refractivity contribution is 14.1. The zero-order valence-electron chi connectivity index (χ0n) is 16.6. The molecule has 13 aliphatic carbocycles. The summed E-state index contributed by atoms with van der Waals surface area (Å²) in [6.45, 7) is 0. The van der Waals surface area contributed by atoms with Crippen LogP contribution in [-0.4, -0.2) is 34.0 Å². The minimum atomic E-state index is 0.106. The van der Waals surface area contributed by atoms with Crippen molar-refractivity contribution in [3.05, 3.63) is 0 Å². The highest BCUT2D eigenvalue weighted by atomic mass is 127. The first kappa shape index (κ1) is 16.1. The van der Waals surface area contributed by atoms with Crippen LogP contribution in [-0.2, 0) is 19.1 Å². The molecule has 0 aromatic carbocycles. The smallest absolute Gasteiger partial charge is 0.309 e. The van der Waals surface area contributed by atoms with Gasteiger partial charge >= 0.3 is 11.9 Å². The lowest BCUT2D eigenvalue weighted by Gasteiger charge is -2.74. The molecule has 0 heterocycles. The van der Waals surface area contributed by atoms with Gasteiger partial charge in [0, 0.05) is 7.85 Å². The van der Waals surface area contributed by atoms with Gasteiger partial charge in [-0.25, -0.2) is 0 Å². The molecule has 0 amide bonds. The molecule has 4 nitrogen and oxygen atoms in total. The van der Waals surface area contributed by atoms with Crippen molar-refractivity contribution < 1.29 is 19.1 Å². The fraction of sp³-hybridized carbons (Fsp3) is 0.917. The lowest BCUT2D eigenvalue weighted by Crippen LogP contribution is -2.73. The second-order valence-electron chi connectivity index (χ2n) is 13.0. The molecule has 8 unspecified atom stereocenters. The third kappa shape index (κ3) is 0.752. The molecule has 0 aromatic heterocycles. The zero-order chi connectivity index (χ0) is 19.8. The lowest BCUT2D eigenvalue weighted by molar-refractivity contribution is -0.297. The number of hydrogen-bond acceptors (Lipinski definition) is 4. The Kier molecular flexibility index (Phi) is 1.97. The summed E-state index contributed by atoms with van der Waals surface area (Å²) in [6, 6.07) is 0. The molecule has 6 heteroatoms. The Morgan fingerprint density at radius 3 is 1.10 bits per heavy atom. The van der Waals surface area contributed by atoms with E-state index in [2.05, 4.69) is 45.2 Å². The van der Waals surface area contributed by atoms with Crippen LogP contribution in [0.5, 0.6) is 0 Å². The Morgan fingerprint density at radius 1 is 0.567 bits per heavy atom. The summed E-state index contributed by atoms with van der Waals surface area (Å²) in [6.07, 6.45) is 0. The molecule has 13 fully saturated rings. The van der Waals surface area contributed by atoms with Crippen LogP contribution >= 0.6 is 45.2 Å². The van der Waals surface area contributed by atoms with Crippen LogP contribution in [0.1, 0.15) is 0 Å². The van der Waals surface area contributed by atoms with E-state index < -0.39 is 0 Å². The van der Waals surface area contributed by atoms with E-state index in [1.54, 1.807) is 14.2 Å². The first-order chi connectivity index (χ1) is 14.5. The first-order valence-corrected chi connectivity index (χ1v) is 14.4. The predicted octanol–water partition coefficient (Wildman–Crippen LogP) is 2.66. The van der Waals surface area contributed by atoms with Gasteiger partial charge in [0.1, 0.15) is 0 Å². The SMILES string of the molecule is COC(=O)C1C2C3C4C1C15C6C(I)C7C8C6C6C(I)C8C8(C3C(C(=O)OC)C4C618)C725. The van der Waals surface area contributed by atoms with Gasteiger partial charge in [0.2, 0.25) is 0 Å². The lowest BCUT2D eigenvalue weighted by atomic mass is 9.28. The topological polar surface area (TPSA) is 52.6 Å². The molecule has 0 saturated heterocycles. The number of carbonyl (C=O) groups excluding carboxylic acids is 2. The van der Waals surface area contributed by atoms with Crippen molar-refractivity contribution in [2.75, 3.05) is 14.2 Å². The summed E-state index contributed by atoms with van der Waals surface area (Å²) in [5.74, 6) is 8.99. The molecule has 8 bridgehead atoms. The van der Waals surface area contributed by atoms with E-state index in [0.717, 1.165) is 43.4 Å². The van der Waals surface area contributed by atoms with E-state index in [1.807, 2.05) is 0 Å². The summed E-state index contributed by atoms with van der Waals surface area (Å²) >= 11 is 5.77. The quantitative estimate of drug-likeness (QED) is 0.269. The second-order valence-corrected chi connectivity index (χ2v) is 15.9. The van der Waals surface area contributed by atoms with Crippen molar-refractivity contribution >= 4 is 57.1 Å². The summed E-state index contributed by atoms with van der Waals surface area (Å²) in [5.41, 5.74) is 1.57. The van der Waals surface area contributed by atoms with Gasteiger partial charge in [-0.2, -0.15) is 0 Å². The molecule has 0 aliphatic heterocycles. The van der Waals surface area contributed by atoms with Crippen LogP contribution in [0.15, 0.2) is 0 Å². The van der Waals surface area contributed by atoms with Crippen LogP contribution in [0, 0.1) is 105 Å². The van der Waals surface area contributed by atoms with Gasteiger partial charge in [-0.05, 0) is 92.7 Å². The molecule has 13 saturated carbocycles. The Morgan fingerprint density at radius 2 is 0.833 bits per heavy atom. The summed E-state index contributed by atoms with van der Waals surface area (Å²) in [7, 11) is 3.23. The minimum absolute atomic E-state index is 0.106. The molecule has 0 N–H and O–H groups in total. The number of methoxy groups -OCH3 is 2. The van der Waals surface area contributed by atoms with E-state index in [9.17, 15) is 9.59 Å². The Labute approximate surface area is 201 Å². The number of rotatable bonds is 2. The molecule has 0 aromatic rings. The van der Waals surface area contributed by atoms with Gasteiger partial charge in [0.15, 0.2) is 0 Å².